The third-order valence-electron chi connectivity index (χ3n) is 4.24. The van der Waals surface area contributed by atoms with E-state index < -0.39 is 11.8 Å². The number of hydrogen-bond donors (Lipinski definition) is 3. The number of likely N-dealkylation sites (tertiary alicyclic amines) is 1. The maximum atomic E-state index is 12.1. The third-order valence-corrected chi connectivity index (χ3v) is 4.24. The van der Waals surface area contributed by atoms with Crippen LogP contribution in [0, 0.1) is 0 Å². The van der Waals surface area contributed by atoms with Gasteiger partial charge in [0.2, 0.25) is 0 Å². The number of benzene rings is 1. The van der Waals surface area contributed by atoms with Gasteiger partial charge in [-0.05, 0) is 38.0 Å². The highest BCUT2D eigenvalue weighted by Gasteiger charge is 2.26. The first-order valence-electron chi connectivity index (χ1n) is 8.53. The quantitative estimate of drug-likeness (QED) is 0.713. The molecular formula is C17H21N5O4. The van der Waals surface area contributed by atoms with Crippen LogP contribution in [0.3, 0.4) is 0 Å². The molecule has 1 aromatic carbocycles. The van der Waals surface area contributed by atoms with Gasteiger partial charge in [-0.1, -0.05) is 0 Å². The lowest BCUT2D eigenvalue weighted by Crippen LogP contribution is -2.49. The molecule has 0 unspecified atom stereocenters. The van der Waals surface area contributed by atoms with Gasteiger partial charge in [0, 0.05) is 24.8 Å². The van der Waals surface area contributed by atoms with Crippen molar-refractivity contribution in [1.29, 1.82) is 0 Å². The molecule has 9 heteroatoms. The number of hydrogen-bond acceptors (Lipinski definition) is 5. The Labute approximate surface area is 150 Å². The molecule has 0 radical (unpaired) electrons. The molecular weight excluding hydrogens is 338 g/mol. The summed E-state index contributed by atoms with van der Waals surface area (Å²) in [6.07, 6.45) is 2.38. The van der Waals surface area contributed by atoms with E-state index in [0.717, 1.165) is 11.0 Å². The second-order valence-corrected chi connectivity index (χ2v) is 6.02. The third kappa shape index (κ3) is 4.11. The minimum atomic E-state index is -0.725. The Hall–Kier alpha value is -3.10. The van der Waals surface area contributed by atoms with Gasteiger partial charge in [0.1, 0.15) is 0 Å². The number of fused-ring (bicyclic) bond motifs is 1. The Morgan fingerprint density at radius 1 is 1.27 bits per heavy atom. The fourth-order valence-electron chi connectivity index (χ4n) is 2.87. The van der Waals surface area contributed by atoms with Crippen molar-refractivity contribution in [3.05, 3.63) is 24.5 Å². The largest absolute Gasteiger partial charge is 0.450 e. The van der Waals surface area contributed by atoms with Crippen molar-refractivity contribution in [1.82, 2.24) is 20.2 Å². The van der Waals surface area contributed by atoms with Crippen molar-refractivity contribution in [3.63, 3.8) is 0 Å². The average Bonchev–Trinajstić information content (AvgIpc) is 3.10. The topological polar surface area (TPSA) is 116 Å². The molecule has 3 N–H and O–H groups in total. The van der Waals surface area contributed by atoms with Crippen molar-refractivity contribution >= 4 is 34.6 Å². The molecule has 1 aromatic heterocycles. The van der Waals surface area contributed by atoms with Crippen LogP contribution < -0.4 is 10.6 Å². The predicted octanol–water partition coefficient (Wildman–Crippen LogP) is 1.24. The molecule has 1 aliphatic heterocycles. The van der Waals surface area contributed by atoms with Gasteiger partial charge in [0.05, 0.1) is 24.0 Å². The number of aromatic amines is 1. The number of piperidine rings is 1. The molecule has 26 heavy (non-hydrogen) atoms. The van der Waals surface area contributed by atoms with E-state index in [4.69, 9.17) is 4.74 Å². The first-order chi connectivity index (χ1) is 12.6. The number of nitrogens with one attached hydrogen (secondary N) is 3. The minimum Gasteiger partial charge on any atom is -0.450 e. The number of H-pyrrole nitrogens is 1. The summed E-state index contributed by atoms with van der Waals surface area (Å²) >= 11 is 0. The SMILES string of the molecule is CCOC(=O)N1CCC(NC(=O)C(=O)Nc2ccc3nc[nH]c3c2)CC1. The van der Waals surface area contributed by atoms with Gasteiger partial charge >= 0.3 is 17.9 Å². The van der Waals surface area contributed by atoms with Crippen molar-refractivity contribution in [2.75, 3.05) is 25.0 Å². The number of anilines is 1. The molecule has 9 nitrogen and oxygen atoms in total. The zero-order chi connectivity index (χ0) is 18.5. The predicted molar refractivity (Wildman–Crippen MR) is 94.5 cm³/mol. The maximum absolute atomic E-state index is 12.1. The molecule has 1 saturated heterocycles. The molecule has 0 atom stereocenters. The van der Waals surface area contributed by atoms with Crippen LogP contribution in [-0.4, -0.2) is 58.5 Å². The van der Waals surface area contributed by atoms with Gasteiger partial charge in [-0.3, -0.25) is 9.59 Å². The lowest BCUT2D eigenvalue weighted by Gasteiger charge is -2.31. The van der Waals surface area contributed by atoms with Crippen LogP contribution in [0.15, 0.2) is 24.5 Å². The Bertz CT molecular complexity index is 810. The summed E-state index contributed by atoms with van der Waals surface area (Å²) in [5.41, 5.74) is 2.06. The second-order valence-electron chi connectivity index (χ2n) is 6.02. The monoisotopic (exact) mass is 359 g/mol. The first-order valence-corrected chi connectivity index (χ1v) is 8.53. The number of ether oxygens (including phenoxy) is 1. The highest BCUT2D eigenvalue weighted by Crippen LogP contribution is 2.16. The lowest BCUT2D eigenvalue weighted by atomic mass is 10.1. The number of amides is 3. The summed E-state index contributed by atoms with van der Waals surface area (Å²) in [5, 5.41) is 5.29. The molecule has 2 heterocycles. The molecule has 2 aromatic rings. The minimum absolute atomic E-state index is 0.144. The molecule has 3 amide bonds. The van der Waals surface area contributed by atoms with Crippen LogP contribution in [-0.2, 0) is 14.3 Å². The van der Waals surface area contributed by atoms with E-state index >= 15 is 0 Å². The van der Waals surface area contributed by atoms with E-state index in [2.05, 4.69) is 20.6 Å². The molecule has 0 bridgehead atoms. The number of imidazole rings is 1. The van der Waals surface area contributed by atoms with Crippen molar-refractivity contribution < 1.29 is 19.1 Å². The highest BCUT2D eigenvalue weighted by atomic mass is 16.6. The van der Waals surface area contributed by atoms with Crippen molar-refractivity contribution in [3.8, 4) is 0 Å². The van der Waals surface area contributed by atoms with Gasteiger partial charge in [-0.15, -0.1) is 0 Å². The summed E-state index contributed by atoms with van der Waals surface area (Å²) in [4.78, 5) is 44.5. The molecule has 138 valence electrons. The van der Waals surface area contributed by atoms with Crippen LogP contribution in [0.5, 0.6) is 0 Å². The smallest absolute Gasteiger partial charge is 0.409 e. The van der Waals surface area contributed by atoms with E-state index in [1.165, 1.54) is 0 Å². The zero-order valence-corrected chi connectivity index (χ0v) is 14.4. The average molecular weight is 359 g/mol. The highest BCUT2D eigenvalue weighted by molar-refractivity contribution is 6.39. The fourth-order valence-corrected chi connectivity index (χ4v) is 2.87. The molecule has 0 saturated carbocycles. The summed E-state index contributed by atoms with van der Waals surface area (Å²) in [6.45, 7) is 3.07. The molecule has 0 aliphatic carbocycles. The zero-order valence-electron chi connectivity index (χ0n) is 14.4. The molecule has 1 fully saturated rings. The molecule has 1 aliphatic rings. The summed E-state index contributed by atoms with van der Waals surface area (Å²) in [6, 6.07) is 5.01. The van der Waals surface area contributed by atoms with Crippen LogP contribution in [0.1, 0.15) is 19.8 Å². The first kappa shape index (κ1) is 17.7. The van der Waals surface area contributed by atoms with E-state index in [9.17, 15) is 14.4 Å². The van der Waals surface area contributed by atoms with Gasteiger partial charge in [0.25, 0.3) is 0 Å². The van der Waals surface area contributed by atoms with Gasteiger partial charge < -0.3 is 25.3 Å². The number of aromatic nitrogens is 2. The fraction of sp³-hybridized carbons (Fsp3) is 0.412. The Balaban J connectivity index is 1.48. The molecule has 3 rings (SSSR count). The lowest BCUT2D eigenvalue weighted by molar-refractivity contribution is -0.136. The summed E-state index contributed by atoms with van der Waals surface area (Å²) in [5.74, 6) is -1.42. The summed E-state index contributed by atoms with van der Waals surface area (Å²) < 4.78 is 4.96. The molecule has 0 spiro atoms. The van der Waals surface area contributed by atoms with Crippen LogP contribution in [0.25, 0.3) is 11.0 Å². The van der Waals surface area contributed by atoms with Gasteiger partial charge in [0.15, 0.2) is 0 Å². The maximum Gasteiger partial charge on any atom is 0.409 e. The normalized spacial score (nSPS) is 14.9. The van der Waals surface area contributed by atoms with E-state index in [1.54, 1.807) is 36.4 Å². The van der Waals surface area contributed by atoms with E-state index in [1.807, 2.05) is 0 Å². The van der Waals surface area contributed by atoms with Crippen molar-refractivity contribution in [2.45, 2.75) is 25.8 Å². The number of carbonyl (C=O) groups excluding carboxylic acids is 3. The Morgan fingerprint density at radius 3 is 2.77 bits per heavy atom. The van der Waals surface area contributed by atoms with Crippen molar-refractivity contribution in [2.24, 2.45) is 0 Å². The van der Waals surface area contributed by atoms with Gasteiger partial charge in [-0.25, -0.2) is 9.78 Å². The van der Waals surface area contributed by atoms with Crippen LogP contribution >= 0.6 is 0 Å². The second kappa shape index (κ2) is 7.85. The van der Waals surface area contributed by atoms with Gasteiger partial charge in [-0.2, -0.15) is 0 Å². The standard InChI is InChI=1S/C17H21N5O4/c1-2-26-17(25)22-7-5-11(6-8-22)20-15(23)16(24)21-12-3-4-13-14(9-12)19-10-18-13/h3-4,9-11H,2,5-8H2,1H3,(H,18,19)(H,20,23)(H,21,24). The number of rotatable bonds is 3. The van der Waals surface area contributed by atoms with Crippen LogP contribution in [0.2, 0.25) is 0 Å². The number of carbonyl (C=O) groups is 3. The number of nitrogens with zero attached hydrogens (tertiary/aromatic N) is 2. The van der Waals surface area contributed by atoms with E-state index in [0.29, 0.717) is 38.2 Å². The van der Waals surface area contributed by atoms with Crippen LogP contribution in [0.4, 0.5) is 10.5 Å². The summed E-state index contributed by atoms with van der Waals surface area (Å²) in [7, 11) is 0. The Kier molecular flexibility index (Phi) is 5.35. The Morgan fingerprint density at radius 2 is 2.04 bits per heavy atom. The van der Waals surface area contributed by atoms with E-state index in [-0.39, 0.29) is 12.1 Å².